The van der Waals surface area contributed by atoms with E-state index in [-0.39, 0.29) is 22.7 Å². The Kier molecular flexibility index (Phi) is 5.45. The number of methoxy groups -OCH3 is 1. The van der Waals surface area contributed by atoms with Crippen molar-refractivity contribution in [3.8, 4) is 5.75 Å². The van der Waals surface area contributed by atoms with Gasteiger partial charge < -0.3 is 9.15 Å². The first kappa shape index (κ1) is 19.3. The van der Waals surface area contributed by atoms with Gasteiger partial charge in [-0.1, -0.05) is 12.1 Å². The zero-order valence-electron chi connectivity index (χ0n) is 16.2. The van der Waals surface area contributed by atoms with Gasteiger partial charge in [-0.25, -0.2) is 4.39 Å². The number of rotatable bonds is 5. The van der Waals surface area contributed by atoms with Gasteiger partial charge in [-0.15, -0.1) is 0 Å². The van der Waals surface area contributed by atoms with Gasteiger partial charge in [0.1, 0.15) is 17.1 Å². The second-order valence-corrected chi connectivity index (χ2v) is 7.37. The Labute approximate surface area is 167 Å². The van der Waals surface area contributed by atoms with Crippen LogP contribution in [0.15, 0.2) is 57.9 Å². The van der Waals surface area contributed by atoms with Gasteiger partial charge in [0.05, 0.1) is 24.3 Å². The van der Waals surface area contributed by atoms with E-state index in [1.165, 1.54) is 31.6 Å². The van der Waals surface area contributed by atoms with Crippen molar-refractivity contribution < 1.29 is 18.3 Å². The summed E-state index contributed by atoms with van der Waals surface area (Å²) in [6, 6.07) is 11.1. The summed E-state index contributed by atoms with van der Waals surface area (Å²) in [6.07, 6.45) is 3.06. The first-order valence-corrected chi connectivity index (χ1v) is 9.66. The second kappa shape index (κ2) is 8.17. The Morgan fingerprint density at radius 1 is 1.28 bits per heavy atom. The van der Waals surface area contributed by atoms with Crippen molar-refractivity contribution in [3.63, 3.8) is 0 Å². The van der Waals surface area contributed by atoms with Gasteiger partial charge in [-0.2, -0.15) is 0 Å². The summed E-state index contributed by atoms with van der Waals surface area (Å²) < 4.78 is 24.5. The number of carbonyl (C=O) groups is 1. The second-order valence-electron chi connectivity index (χ2n) is 7.37. The normalized spacial score (nSPS) is 17.4. The molecule has 0 radical (unpaired) electrons. The predicted octanol–water partition coefficient (Wildman–Crippen LogP) is 4.04. The minimum atomic E-state index is -0.462. The molecular formula is C23H22FNO4. The third kappa shape index (κ3) is 3.93. The van der Waals surface area contributed by atoms with E-state index in [4.69, 9.17) is 9.15 Å². The van der Waals surface area contributed by atoms with Crippen LogP contribution in [0, 0.1) is 11.7 Å². The molecule has 0 aliphatic carbocycles. The summed E-state index contributed by atoms with van der Waals surface area (Å²) in [5.41, 5.74) is 1.35. The number of likely N-dealkylation sites (tertiary alicyclic amines) is 1. The number of ketones is 1. The van der Waals surface area contributed by atoms with Crippen LogP contribution in [0.5, 0.6) is 5.75 Å². The maximum absolute atomic E-state index is 13.7. The molecule has 0 saturated carbocycles. The Bertz CT molecular complexity index is 1110. The largest absolute Gasteiger partial charge is 0.496 e. The Morgan fingerprint density at radius 2 is 2.10 bits per heavy atom. The first-order valence-electron chi connectivity index (χ1n) is 9.66. The number of ether oxygens (including phenoxy) is 1. The average molecular weight is 395 g/mol. The molecular weight excluding hydrogens is 373 g/mol. The molecule has 1 atom stereocenters. The van der Waals surface area contributed by atoms with Gasteiger partial charge in [-0.05, 0) is 49.7 Å². The van der Waals surface area contributed by atoms with Gasteiger partial charge in [0.2, 0.25) is 0 Å². The van der Waals surface area contributed by atoms with Gasteiger partial charge in [0, 0.05) is 24.6 Å². The van der Waals surface area contributed by atoms with Gasteiger partial charge in [0.25, 0.3) is 0 Å². The van der Waals surface area contributed by atoms with Crippen LogP contribution in [0.3, 0.4) is 0 Å². The van der Waals surface area contributed by atoms with Crippen LogP contribution in [0.1, 0.15) is 28.8 Å². The molecule has 1 fully saturated rings. The molecule has 1 saturated heterocycles. The smallest absolute Gasteiger partial charge is 0.197 e. The molecule has 1 unspecified atom stereocenters. The zero-order chi connectivity index (χ0) is 20.4. The number of fused-ring (bicyclic) bond motifs is 1. The van der Waals surface area contributed by atoms with Gasteiger partial charge in [-0.3, -0.25) is 14.5 Å². The Balaban J connectivity index is 1.53. The van der Waals surface area contributed by atoms with Gasteiger partial charge in [0.15, 0.2) is 11.2 Å². The number of para-hydroxylation sites is 1. The molecule has 3 aromatic rings. The van der Waals surface area contributed by atoms with Crippen molar-refractivity contribution >= 4 is 16.8 Å². The molecule has 6 heteroatoms. The van der Waals surface area contributed by atoms with Crippen molar-refractivity contribution in [1.82, 2.24) is 4.90 Å². The molecule has 0 N–H and O–H groups in total. The topological polar surface area (TPSA) is 59.8 Å². The maximum Gasteiger partial charge on any atom is 0.197 e. The zero-order valence-corrected chi connectivity index (χ0v) is 16.2. The number of piperidine rings is 1. The van der Waals surface area contributed by atoms with E-state index in [0.717, 1.165) is 19.4 Å². The van der Waals surface area contributed by atoms with E-state index in [0.29, 0.717) is 35.4 Å². The molecule has 29 heavy (non-hydrogen) atoms. The van der Waals surface area contributed by atoms with Crippen LogP contribution in [-0.4, -0.2) is 30.9 Å². The van der Waals surface area contributed by atoms with Crippen LogP contribution in [-0.2, 0) is 6.54 Å². The summed E-state index contributed by atoms with van der Waals surface area (Å²) in [7, 11) is 1.47. The lowest BCUT2D eigenvalue weighted by molar-refractivity contribution is 0.0807. The fourth-order valence-electron chi connectivity index (χ4n) is 3.97. The van der Waals surface area contributed by atoms with Crippen molar-refractivity contribution in [3.05, 3.63) is 75.9 Å². The number of hydrogen-bond donors (Lipinski definition) is 0. The lowest BCUT2D eigenvalue weighted by atomic mass is 9.89. The molecule has 1 aliphatic heterocycles. The van der Waals surface area contributed by atoms with Gasteiger partial charge >= 0.3 is 0 Å². The highest BCUT2D eigenvalue weighted by Gasteiger charge is 2.29. The monoisotopic (exact) mass is 395 g/mol. The van der Waals surface area contributed by atoms with Crippen LogP contribution in [0.2, 0.25) is 0 Å². The number of benzene rings is 2. The SMILES string of the molecule is COc1ccc(F)cc1C(=O)C1CCCN(Cc2coc3ccccc3c2=O)C1. The lowest BCUT2D eigenvalue weighted by Gasteiger charge is -2.32. The summed E-state index contributed by atoms with van der Waals surface area (Å²) in [6.45, 7) is 1.71. The number of nitrogens with zero attached hydrogens (tertiary/aromatic N) is 1. The fourth-order valence-corrected chi connectivity index (χ4v) is 3.97. The minimum absolute atomic E-state index is 0.0490. The highest BCUT2D eigenvalue weighted by Crippen LogP contribution is 2.27. The van der Waals surface area contributed by atoms with Crippen molar-refractivity contribution in [2.45, 2.75) is 19.4 Å². The Morgan fingerprint density at radius 3 is 2.93 bits per heavy atom. The maximum atomic E-state index is 13.7. The van der Waals surface area contributed by atoms with Crippen LogP contribution >= 0.6 is 0 Å². The van der Waals surface area contributed by atoms with E-state index in [1.54, 1.807) is 12.1 Å². The number of carbonyl (C=O) groups excluding carboxylic acids is 1. The average Bonchev–Trinajstić information content (AvgIpc) is 2.75. The standard InChI is InChI=1S/C23H22FNO4/c1-28-20-9-8-17(24)11-19(20)22(26)15-5-4-10-25(12-15)13-16-14-29-21-7-3-2-6-18(21)23(16)27/h2-3,6-9,11,14-15H,4-5,10,12-13H2,1H3. The molecule has 0 bridgehead atoms. The van der Waals surface area contributed by atoms with Crippen LogP contribution in [0.25, 0.3) is 11.0 Å². The van der Waals surface area contributed by atoms with Crippen LogP contribution < -0.4 is 10.2 Å². The summed E-state index contributed by atoms with van der Waals surface area (Å²) in [5, 5.41) is 0.555. The van der Waals surface area contributed by atoms with Crippen molar-refractivity contribution in [2.75, 3.05) is 20.2 Å². The van der Waals surface area contributed by atoms with E-state index in [9.17, 15) is 14.0 Å². The molecule has 0 amide bonds. The summed E-state index contributed by atoms with van der Waals surface area (Å²) >= 11 is 0. The fraction of sp³-hybridized carbons (Fsp3) is 0.304. The quantitative estimate of drug-likeness (QED) is 0.611. The number of hydrogen-bond acceptors (Lipinski definition) is 5. The van der Waals surface area contributed by atoms with E-state index in [1.807, 2.05) is 12.1 Å². The molecule has 150 valence electrons. The lowest BCUT2D eigenvalue weighted by Crippen LogP contribution is -2.39. The molecule has 4 rings (SSSR count). The molecule has 2 heterocycles. The molecule has 1 aliphatic rings. The third-order valence-electron chi connectivity index (χ3n) is 5.45. The third-order valence-corrected chi connectivity index (χ3v) is 5.45. The van der Waals surface area contributed by atoms with E-state index >= 15 is 0 Å². The highest BCUT2D eigenvalue weighted by atomic mass is 19.1. The number of halogens is 1. The predicted molar refractivity (Wildman–Crippen MR) is 108 cm³/mol. The van der Waals surface area contributed by atoms with Crippen molar-refractivity contribution in [1.29, 1.82) is 0 Å². The summed E-state index contributed by atoms with van der Waals surface area (Å²) in [4.78, 5) is 27.8. The summed E-state index contributed by atoms with van der Waals surface area (Å²) in [5.74, 6) is -0.483. The molecule has 2 aromatic carbocycles. The molecule has 5 nitrogen and oxygen atoms in total. The van der Waals surface area contributed by atoms with E-state index < -0.39 is 5.82 Å². The Hall–Kier alpha value is -2.99. The molecule has 0 spiro atoms. The molecule has 1 aromatic heterocycles. The first-order chi connectivity index (χ1) is 14.1. The van der Waals surface area contributed by atoms with Crippen LogP contribution in [0.4, 0.5) is 4.39 Å². The highest BCUT2D eigenvalue weighted by molar-refractivity contribution is 6.00. The van der Waals surface area contributed by atoms with E-state index in [2.05, 4.69) is 4.90 Å². The van der Waals surface area contributed by atoms with Crippen molar-refractivity contribution in [2.24, 2.45) is 5.92 Å². The minimum Gasteiger partial charge on any atom is -0.496 e. The number of Topliss-reactive ketones (excluding diaryl/α,β-unsaturated/α-hetero) is 1.